The Hall–Kier alpha value is -3.23. The van der Waals surface area contributed by atoms with Crippen LogP contribution < -0.4 is 4.74 Å². The number of rotatable bonds is 4. The molecule has 3 rings (SSSR count). The number of hydrogen-bond donors (Lipinski definition) is 0. The maximum Gasteiger partial charge on any atom is 0.429 e. The Bertz CT molecular complexity index is 917. The Morgan fingerprint density at radius 1 is 1.16 bits per heavy atom. The molecule has 1 aromatic carbocycles. The first-order valence-corrected chi connectivity index (χ1v) is 7.04. The zero-order chi connectivity index (χ0) is 18.0. The van der Waals surface area contributed by atoms with Crippen LogP contribution in [0.2, 0.25) is 0 Å². The first kappa shape index (κ1) is 16.6. The third-order valence-corrected chi connectivity index (χ3v) is 3.38. The van der Waals surface area contributed by atoms with Crippen molar-refractivity contribution in [3.05, 3.63) is 70.5 Å². The summed E-state index contributed by atoms with van der Waals surface area (Å²) < 4.78 is 45.1. The summed E-state index contributed by atoms with van der Waals surface area (Å²) in [5.74, 6) is -0.699. The highest BCUT2D eigenvalue weighted by atomic mass is 19.4. The zero-order valence-electron chi connectivity index (χ0n) is 12.5. The van der Waals surface area contributed by atoms with Gasteiger partial charge in [0.15, 0.2) is 0 Å². The van der Waals surface area contributed by atoms with Gasteiger partial charge in [0.1, 0.15) is 0 Å². The lowest BCUT2D eigenvalue weighted by molar-refractivity contribution is -0.386. The van der Waals surface area contributed by atoms with Crippen LogP contribution >= 0.6 is 0 Å². The van der Waals surface area contributed by atoms with Gasteiger partial charge in [0, 0.05) is 29.4 Å². The van der Waals surface area contributed by atoms with Gasteiger partial charge in [-0.3, -0.25) is 15.1 Å². The second-order valence-corrected chi connectivity index (χ2v) is 5.09. The number of benzene rings is 1. The highest BCUT2D eigenvalue weighted by molar-refractivity contribution is 5.82. The number of nitrogens with zero attached hydrogens (tertiary/aromatic N) is 3. The number of halogens is 3. The van der Waals surface area contributed by atoms with Crippen molar-refractivity contribution in [1.29, 1.82) is 0 Å². The molecule has 2 aromatic heterocycles. The lowest BCUT2D eigenvalue weighted by atomic mass is 10.1. The number of para-hydroxylation sites is 1. The van der Waals surface area contributed by atoms with Gasteiger partial charge in [-0.25, -0.2) is 4.98 Å². The minimum Gasteiger partial charge on any atom is -0.455 e. The normalized spacial score (nSPS) is 12.8. The number of fused-ring (bicyclic) bond motifs is 1. The number of aromatic nitrogens is 2. The quantitative estimate of drug-likeness (QED) is 0.520. The van der Waals surface area contributed by atoms with Crippen molar-refractivity contribution in [2.24, 2.45) is 0 Å². The Kier molecular flexibility index (Phi) is 4.22. The largest absolute Gasteiger partial charge is 0.455 e. The van der Waals surface area contributed by atoms with Crippen LogP contribution in [-0.2, 0) is 0 Å². The summed E-state index contributed by atoms with van der Waals surface area (Å²) in [4.78, 5) is 17.9. The average molecular weight is 349 g/mol. The second-order valence-electron chi connectivity index (χ2n) is 5.09. The fourth-order valence-corrected chi connectivity index (χ4v) is 2.27. The lowest BCUT2D eigenvalue weighted by Gasteiger charge is -2.21. The molecule has 0 aliphatic carbocycles. The summed E-state index contributed by atoms with van der Waals surface area (Å²) in [6.45, 7) is 0. The van der Waals surface area contributed by atoms with E-state index in [2.05, 4.69) is 9.97 Å². The van der Waals surface area contributed by atoms with E-state index in [1.165, 1.54) is 24.4 Å². The highest BCUT2D eigenvalue weighted by Gasteiger charge is 2.44. The molecule has 1 atom stereocenters. The molecule has 0 fully saturated rings. The lowest BCUT2D eigenvalue weighted by Crippen LogP contribution is -2.26. The molecule has 3 aromatic rings. The molecule has 0 bridgehead atoms. The minimum absolute atomic E-state index is 0.278. The number of ether oxygens (including phenoxy) is 1. The summed E-state index contributed by atoms with van der Waals surface area (Å²) >= 11 is 0. The van der Waals surface area contributed by atoms with E-state index in [9.17, 15) is 23.3 Å². The molecule has 0 saturated heterocycles. The molecule has 9 heteroatoms. The molecule has 1 unspecified atom stereocenters. The SMILES string of the molecule is O=[N+]([O-])c1cc2ccccc2nc1OC(c1cccnc1)C(F)(F)F. The van der Waals surface area contributed by atoms with E-state index in [0.717, 1.165) is 12.3 Å². The van der Waals surface area contributed by atoms with E-state index in [0.29, 0.717) is 5.39 Å². The van der Waals surface area contributed by atoms with Crippen LogP contribution in [-0.4, -0.2) is 21.1 Å². The molecule has 0 radical (unpaired) electrons. The molecule has 2 heterocycles. The van der Waals surface area contributed by atoms with Crippen LogP contribution in [0, 0.1) is 10.1 Å². The summed E-state index contributed by atoms with van der Waals surface area (Å²) in [7, 11) is 0. The summed E-state index contributed by atoms with van der Waals surface area (Å²) in [6.07, 6.45) is -4.92. The Morgan fingerprint density at radius 2 is 1.92 bits per heavy atom. The molecule has 0 aliphatic rings. The Labute approximate surface area is 139 Å². The number of nitro groups is 1. The molecular weight excluding hydrogens is 339 g/mol. The van der Waals surface area contributed by atoms with E-state index in [1.54, 1.807) is 18.2 Å². The van der Waals surface area contributed by atoms with Crippen LogP contribution in [0.5, 0.6) is 5.88 Å². The average Bonchev–Trinajstić information content (AvgIpc) is 2.58. The predicted octanol–water partition coefficient (Wildman–Crippen LogP) is 4.22. The van der Waals surface area contributed by atoms with Gasteiger partial charge in [-0.2, -0.15) is 13.2 Å². The number of alkyl halides is 3. The molecule has 6 nitrogen and oxygen atoms in total. The van der Waals surface area contributed by atoms with Crippen molar-refractivity contribution in [3.63, 3.8) is 0 Å². The van der Waals surface area contributed by atoms with Crippen LogP contribution in [0.1, 0.15) is 11.7 Å². The van der Waals surface area contributed by atoms with E-state index in [-0.39, 0.29) is 11.1 Å². The van der Waals surface area contributed by atoms with Crippen LogP contribution in [0.3, 0.4) is 0 Å². The van der Waals surface area contributed by atoms with Gasteiger partial charge >= 0.3 is 11.9 Å². The zero-order valence-corrected chi connectivity index (χ0v) is 12.5. The van der Waals surface area contributed by atoms with Crippen LogP contribution in [0.4, 0.5) is 18.9 Å². The Balaban J connectivity index is 2.10. The predicted molar refractivity (Wildman–Crippen MR) is 82.1 cm³/mol. The molecule has 0 saturated carbocycles. The standard InChI is InChI=1S/C16H10F3N3O3/c17-16(18,19)14(11-5-3-7-20-9-11)25-15-13(22(23)24)8-10-4-1-2-6-12(10)21-15/h1-9,14H. The topological polar surface area (TPSA) is 78.2 Å². The van der Waals surface area contributed by atoms with Gasteiger partial charge in [0.2, 0.25) is 6.10 Å². The second kappa shape index (κ2) is 6.34. The maximum atomic E-state index is 13.4. The molecule has 0 amide bonds. The van der Waals surface area contributed by atoms with Crippen LogP contribution in [0.25, 0.3) is 10.9 Å². The van der Waals surface area contributed by atoms with Gasteiger partial charge in [0.25, 0.3) is 5.88 Å². The molecule has 25 heavy (non-hydrogen) atoms. The molecule has 128 valence electrons. The molecule has 0 N–H and O–H groups in total. The monoisotopic (exact) mass is 349 g/mol. The van der Waals surface area contributed by atoms with Crippen molar-refractivity contribution in [1.82, 2.24) is 9.97 Å². The molecular formula is C16H10F3N3O3. The first-order valence-electron chi connectivity index (χ1n) is 7.04. The third-order valence-electron chi connectivity index (χ3n) is 3.38. The van der Waals surface area contributed by atoms with Crippen molar-refractivity contribution in [2.45, 2.75) is 12.3 Å². The highest BCUT2D eigenvalue weighted by Crippen LogP contribution is 2.39. The van der Waals surface area contributed by atoms with Gasteiger partial charge < -0.3 is 4.74 Å². The summed E-state index contributed by atoms with van der Waals surface area (Å²) in [5, 5.41) is 11.6. The third kappa shape index (κ3) is 3.49. The fraction of sp³-hybridized carbons (Fsp3) is 0.125. The van der Waals surface area contributed by atoms with Crippen molar-refractivity contribution in [3.8, 4) is 5.88 Å². The van der Waals surface area contributed by atoms with Gasteiger partial charge in [0.05, 0.1) is 10.4 Å². The van der Waals surface area contributed by atoms with Crippen molar-refractivity contribution >= 4 is 16.6 Å². The van der Waals surface area contributed by atoms with Gasteiger partial charge in [-0.05, 0) is 12.1 Å². The number of hydrogen-bond acceptors (Lipinski definition) is 5. The van der Waals surface area contributed by atoms with Crippen molar-refractivity contribution < 1.29 is 22.8 Å². The fourth-order valence-electron chi connectivity index (χ4n) is 2.27. The van der Waals surface area contributed by atoms with Crippen molar-refractivity contribution in [2.75, 3.05) is 0 Å². The van der Waals surface area contributed by atoms with Gasteiger partial charge in [-0.15, -0.1) is 0 Å². The van der Waals surface area contributed by atoms with E-state index < -0.39 is 28.8 Å². The Morgan fingerprint density at radius 3 is 2.56 bits per heavy atom. The minimum atomic E-state index is -4.80. The smallest absolute Gasteiger partial charge is 0.429 e. The summed E-state index contributed by atoms with van der Waals surface area (Å²) in [6, 6.07) is 9.99. The summed E-state index contributed by atoms with van der Waals surface area (Å²) in [5.41, 5.74) is -0.633. The van der Waals surface area contributed by atoms with E-state index in [1.807, 2.05) is 0 Å². The molecule has 0 aliphatic heterocycles. The maximum absolute atomic E-state index is 13.4. The number of pyridine rings is 2. The van der Waals surface area contributed by atoms with Gasteiger partial charge in [-0.1, -0.05) is 24.3 Å². The first-order chi connectivity index (χ1) is 11.9. The molecule has 0 spiro atoms. The van der Waals surface area contributed by atoms with E-state index >= 15 is 0 Å². The van der Waals surface area contributed by atoms with Crippen LogP contribution in [0.15, 0.2) is 54.9 Å². The van der Waals surface area contributed by atoms with E-state index in [4.69, 9.17) is 4.74 Å².